The first-order valence-corrected chi connectivity index (χ1v) is 10.6. The number of nitrogens with one attached hydrogen (secondary N) is 1. The van der Waals surface area contributed by atoms with Crippen LogP contribution in [0.1, 0.15) is 0 Å². The van der Waals surface area contributed by atoms with Crippen molar-refractivity contribution >= 4 is 39.7 Å². The lowest BCUT2D eigenvalue weighted by atomic mass is 10.2. The molecule has 4 rings (SSSR count). The number of hydrogen-bond donors (Lipinski definition) is 1. The Kier molecular flexibility index (Phi) is 6.08. The van der Waals surface area contributed by atoms with E-state index in [-0.39, 0.29) is 11.7 Å². The molecule has 2 heterocycles. The minimum absolute atomic E-state index is 0.0960. The number of anilines is 2. The van der Waals surface area contributed by atoms with Gasteiger partial charge in [-0.25, -0.2) is 9.37 Å². The Hall–Kier alpha value is -2.48. The van der Waals surface area contributed by atoms with Gasteiger partial charge in [0.1, 0.15) is 5.82 Å². The largest absolute Gasteiger partial charge is 0.367 e. The number of rotatable bonds is 5. The van der Waals surface area contributed by atoms with Crippen LogP contribution in [-0.2, 0) is 4.79 Å². The van der Waals surface area contributed by atoms with Crippen LogP contribution in [-0.4, -0.2) is 48.5 Å². The standard InChI is InChI=1S/C21H20ClFN4OS/c22-16-7-5-15(6-8-16)18-14-29-21(24-18)25-20(28)13-26-9-11-27(12-10-26)19-4-2-1-3-17(19)23/h1-8,14H,9-13H2,(H,24,25,28). The smallest absolute Gasteiger partial charge is 0.240 e. The number of aromatic nitrogens is 1. The van der Waals surface area contributed by atoms with Gasteiger partial charge in [-0.1, -0.05) is 35.9 Å². The molecule has 1 aliphatic heterocycles. The molecule has 0 radical (unpaired) electrons. The van der Waals surface area contributed by atoms with Gasteiger partial charge in [0.05, 0.1) is 17.9 Å². The predicted molar refractivity (Wildman–Crippen MR) is 116 cm³/mol. The fourth-order valence-corrected chi connectivity index (χ4v) is 4.16. The summed E-state index contributed by atoms with van der Waals surface area (Å²) < 4.78 is 13.9. The summed E-state index contributed by atoms with van der Waals surface area (Å²) in [4.78, 5) is 21.0. The summed E-state index contributed by atoms with van der Waals surface area (Å²) in [5, 5.41) is 6.03. The van der Waals surface area contributed by atoms with E-state index >= 15 is 0 Å². The number of piperazine rings is 1. The number of nitrogens with zero attached hydrogens (tertiary/aromatic N) is 3. The van der Waals surface area contributed by atoms with Gasteiger partial charge in [0.15, 0.2) is 5.13 Å². The van der Waals surface area contributed by atoms with E-state index in [0.29, 0.717) is 48.6 Å². The molecule has 0 aliphatic carbocycles. The fourth-order valence-electron chi connectivity index (χ4n) is 3.30. The van der Waals surface area contributed by atoms with E-state index in [0.717, 1.165) is 11.3 Å². The SMILES string of the molecule is O=C(CN1CCN(c2ccccc2F)CC1)Nc1nc(-c2ccc(Cl)cc2)cs1. The lowest BCUT2D eigenvalue weighted by Gasteiger charge is -2.35. The highest BCUT2D eigenvalue weighted by Crippen LogP contribution is 2.26. The quantitative estimate of drug-likeness (QED) is 0.653. The van der Waals surface area contributed by atoms with Crippen molar-refractivity contribution in [1.29, 1.82) is 0 Å². The normalized spacial score (nSPS) is 14.8. The van der Waals surface area contributed by atoms with E-state index in [4.69, 9.17) is 11.6 Å². The lowest BCUT2D eigenvalue weighted by molar-refractivity contribution is -0.117. The first kappa shape index (κ1) is 19.8. The Morgan fingerprint density at radius 1 is 1.10 bits per heavy atom. The monoisotopic (exact) mass is 430 g/mol. The first-order chi connectivity index (χ1) is 14.1. The van der Waals surface area contributed by atoms with Crippen LogP contribution in [0.15, 0.2) is 53.9 Å². The van der Waals surface area contributed by atoms with Gasteiger partial charge >= 0.3 is 0 Å². The van der Waals surface area contributed by atoms with E-state index in [1.165, 1.54) is 17.4 Å². The highest BCUT2D eigenvalue weighted by molar-refractivity contribution is 7.14. The molecule has 1 saturated heterocycles. The summed E-state index contributed by atoms with van der Waals surface area (Å²) in [5.74, 6) is -0.305. The van der Waals surface area contributed by atoms with Crippen LogP contribution in [0.3, 0.4) is 0 Å². The molecule has 0 unspecified atom stereocenters. The van der Waals surface area contributed by atoms with Crippen molar-refractivity contribution in [1.82, 2.24) is 9.88 Å². The number of benzene rings is 2. The van der Waals surface area contributed by atoms with Crippen LogP contribution in [0.25, 0.3) is 11.3 Å². The number of hydrogen-bond acceptors (Lipinski definition) is 5. The average Bonchev–Trinajstić information content (AvgIpc) is 3.18. The van der Waals surface area contributed by atoms with Gasteiger partial charge in [-0.05, 0) is 24.3 Å². The summed E-state index contributed by atoms with van der Waals surface area (Å²) in [6.45, 7) is 3.07. The maximum Gasteiger partial charge on any atom is 0.240 e. The van der Waals surface area contributed by atoms with Gasteiger partial charge in [-0.15, -0.1) is 11.3 Å². The van der Waals surface area contributed by atoms with Crippen LogP contribution in [0.5, 0.6) is 0 Å². The molecular formula is C21H20ClFN4OS. The molecule has 1 aromatic heterocycles. The second-order valence-electron chi connectivity index (χ2n) is 6.81. The van der Waals surface area contributed by atoms with E-state index in [1.54, 1.807) is 12.1 Å². The second-order valence-corrected chi connectivity index (χ2v) is 8.10. The summed E-state index contributed by atoms with van der Waals surface area (Å²) in [5.41, 5.74) is 2.38. The molecular weight excluding hydrogens is 411 g/mol. The van der Waals surface area contributed by atoms with E-state index < -0.39 is 0 Å². The van der Waals surface area contributed by atoms with Gasteiger partial charge in [-0.3, -0.25) is 9.69 Å². The van der Waals surface area contributed by atoms with Gasteiger partial charge in [-0.2, -0.15) is 0 Å². The number of halogens is 2. The zero-order valence-electron chi connectivity index (χ0n) is 15.6. The van der Waals surface area contributed by atoms with Gasteiger partial charge in [0.25, 0.3) is 0 Å². The zero-order valence-corrected chi connectivity index (χ0v) is 17.2. The Labute approximate surface area is 177 Å². The Balaban J connectivity index is 1.29. The molecule has 150 valence electrons. The molecule has 1 aliphatic rings. The molecule has 1 fully saturated rings. The number of amides is 1. The minimum Gasteiger partial charge on any atom is -0.367 e. The lowest BCUT2D eigenvalue weighted by Crippen LogP contribution is -2.48. The Morgan fingerprint density at radius 2 is 1.83 bits per heavy atom. The van der Waals surface area contributed by atoms with Crippen LogP contribution in [0.4, 0.5) is 15.2 Å². The molecule has 5 nitrogen and oxygen atoms in total. The van der Waals surface area contributed by atoms with Gasteiger partial charge in [0.2, 0.25) is 5.91 Å². The van der Waals surface area contributed by atoms with Crippen molar-refractivity contribution in [3.8, 4) is 11.3 Å². The molecule has 8 heteroatoms. The summed E-state index contributed by atoms with van der Waals surface area (Å²) in [6.07, 6.45) is 0. The van der Waals surface area contributed by atoms with Crippen LogP contribution in [0, 0.1) is 5.82 Å². The summed E-state index contributed by atoms with van der Waals surface area (Å²) in [6, 6.07) is 14.2. The van der Waals surface area contributed by atoms with Gasteiger partial charge in [0, 0.05) is 42.1 Å². The summed E-state index contributed by atoms with van der Waals surface area (Å²) >= 11 is 7.31. The molecule has 3 aromatic rings. The number of para-hydroxylation sites is 1. The second kappa shape index (κ2) is 8.90. The zero-order chi connectivity index (χ0) is 20.2. The molecule has 0 bridgehead atoms. The number of carbonyl (C=O) groups is 1. The van der Waals surface area contributed by atoms with Crippen molar-refractivity contribution in [2.24, 2.45) is 0 Å². The maximum absolute atomic E-state index is 13.9. The molecule has 1 amide bonds. The van der Waals surface area contributed by atoms with Crippen LogP contribution < -0.4 is 10.2 Å². The van der Waals surface area contributed by atoms with Crippen molar-refractivity contribution in [3.63, 3.8) is 0 Å². The van der Waals surface area contributed by atoms with E-state index in [1.807, 2.05) is 40.6 Å². The Morgan fingerprint density at radius 3 is 2.55 bits per heavy atom. The molecule has 0 saturated carbocycles. The highest BCUT2D eigenvalue weighted by atomic mass is 35.5. The first-order valence-electron chi connectivity index (χ1n) is 9.31. The van der Waals surface area contributed by atoms with Crippen molar-refractivity contribution in [2.75, 3.05) is 42.9 Å². The fraction of sp³-hybridized carbons (Fsp3) is 0.238. The highest BCUT2D eigenvalue weighted by Gasteiger charge is 2.21. The Bertz CT molecular complexity index is 986. The van der Waals surface area contributed by atoms with Crippen molar-refractivity contribution in [3.05, 3.63) is 64.8 Å². The van der Waals surface area contributed by atoms with E-state index in [9.17, 15) is 9.18 Å². The van der Waals surface area contributed by atoms with Crippen molar-refractivity contribution < 1.29 is 9.18 Å². The number of carbonyl (C=O) groups excluding carboxylic acids is 1. The van der Waals surface area contributed by atoms with Gasteiger partial charge < -0.3 is 10.2 Å². The number of thiazole rings is 1. The van der Waals surface area contributed by atoms with Crippen LogP contribution in [0.2, 0.25) is 5.02 Å². The maximum atomic E-state index is 13.9. The summed E-state index contributed by atoms with van der Waals surface area (Å²) in [7, 11) is 0. The van der Waals surface area contributed by atoms with E-state index in [2.05, 4.69) is 15.2 Å². The molecule has 2 aromatic carbocycles. The minimum atomic E-state index is -0.209. The molecule has 29 heavy (non-hydrogen) atoms. The predicted octanol–water partition coefficient (Wildman–Crippen LogP) is 4.36. The third kappa shape index (κ3) is 4.93. The van der Waals surface area contributed by atoms with Crippen LogP contribution >= 0.6 is 22.9 Å². The van der Waals surface area contributed by atoms with Crippen molar-refractivity contribution in [2.45, 2.75) is 0 Å². The molecule has 0 atom stereocenters. The molecule has 1 N–H and O–H groups in total. The third-order valence-corrected chi connectivity index (χ3v) is 5.83. The third-order valence-electron chi connectivity index (χ3n) is 4.82. The average molecular weight is 431 g/mol. The topological polar surface area (TPSA) is 48.5 Å². The molecule has 0 spiro atoms.